The molecule has 0 bridgehead atoms. The van der Waals surface area contributed by atoms with Crippen LogP contribution in [0.15, 0.2) is 30.3 Å². The highest BCUT2D eigenvalue weighted by Gasteiger charge is 2.15. The van der Waals surface area contributed by atoms with E-state index in [4.69, 9.17) is 10.4 Å². The summed E-state index contributed by atoms with van der Waals surface area (Å²) in [6.07, 6.45) is 0.333. The van der Waals surface area contributed by atoms with Crippen LogP contribution in [0.3, 0.4) is 0 Å². The first-order valence-electron chi connectivity index (χ1n) is 6.14. The topological polar surface area (TPSA) is 90.2 Å². The van der Waals surface area contributed by atoms with Crippen LogP contribution in [0.4, 0.5) is 0 Å². The van der Waals surface area contributed by atoms with Gasteiger partial charge in [-0.25, -0.2) is 0 Å². The number of hydrogen-bond donors (Lipinski definition) is 2. The van der Waals surface area contributed by atoms with E-state index >= 15 is 0 Å². The molecule has 1 rings (SSSR count). The zero-order valence-corrected chi connectivity index (χ0v) is 11.7. The highest BCUT2D eigenvalue weighted by atomic mass is 32.2. The third kappa shape index (κ3) is 6.25. The van der Waals surface area contributed by atoms with Gasteiger partial charge in [-0.2, -0.15) is 5.26 Å². The van der Waals surface area contributed by atoms with Gasteiger partial charge in [0.05, 0.1) is 23.6 Å². The van der Waals surface area contributed by atoms with E-state index in [1.807, 2.05) is 36.4 Å². The number of benzene rings is 1. The molecule has 2 N–H and O–H groups in total. The summed E-state index contributed by atoms with van der Waals surface area (Å²) in [7, 11) is 0. The summed E-state index contributed by atoms with van der Waals surface area (Å²) in [5, 5.41) is 20.0. The minimum absolute atomic E-state index is 0.00875. The quantitative estimate of drug-likeness (QED) is 0.715. The van der Waals surface area contributed by atoms with E-state index in [1.54, 1.807) is 0 Å². The Hall–Kier alpha value is -2.00. The van der Waals surface area contributed by atoms with E-state index in [9.17, 15) is 9.59 Å². The summed E-state index contributed by atoms with van der Waals surface area (Å²) in [6, 6.07) is 10.9. The number of hydrogen-bond acceptors (Lipinski definition) is 4. The van der Waals surface area contributed by atoms with Crippen LogP contribution in [0.2, 0.25) is 0 Å². The number of nitriles is 1. The summed E-state index contributed by atoms with van der Waals surface area (Å²) < 4.78 is 0. The largest absolute Gasteiger partial charge is 0.481 e. The molecule has 1 aromatic rings. The van der Waals surface area contributed by atoms with Crippen LogP contribution in [0.1, 0.15) is 24.4 Å². The van der Waals surface area contributed by atoms with Gasteiger partial charge in [0.25, 0.3) is 0 Å². The molecule has 0 saturated heterocycles. The number of rotatable bonds is 8. The Morgan fingerprint density at radius 1 is 1.35 bits per heavy atom. The lowest BCUT2D eigenvalue weighted by molar-refractivity contribution is -0.137. The number of thioether (sulfide) groups is 1. The zero-order valence-electron chi connectivity index (χ0n) is 10.9. The van der Waals surface area contributed by atoms with E-state index in [1.165, 1.54) is 11.8 Å². The van der Waals surface area contributed by atoms with Gasteiger partial charge in [-0.15, -0.1) is 11.8 Å². The normalized spacial score (nSPS) is 11.3. The Balaban J connectivity index is 2.61. The fourth-order valence-corrected chi connectivity index (χ4v) is 2.16. The monoisotopic (exact) mass is 292 g/mol. The van der Waals surface area contributed by atoms with Crippen molar-refractivity contribution < 1.29 is 14.7 Å². The maximum absolute atomic E-state index is 11.8. The summed E-state index contributed by atoms with van der Waals surface area (Å²) in [5.41, 5.74) is 0.882. The van der Waals surface area contributed by atoms with Crippen molar-refractivity contribution in [1.29, 1.82) is 5.26 Å². The van der Waals surface area contributed by atoms with Crippen LogP contribution in [0, 0.1) is 11.3 Å². The number of carboxylic acids is 1. The van der Waals surface area contributed by atoms with Crippen molar-refractivity contribution in [3.05, 3.63) is 35.9 Å². The number of nitrogens with zero attached hydrogens (tertiary/aromatic N) is 1. The molecule has 6 heteroatoms. The van der Waals surface area contributed by atoms with Crippen molar-refractivity contribution in [3.8, 4) is 6.07 Å². The maximum atomic E-state index is 11.8. The Kier molecular flexibility index (Phi) is 7.22. The van der Waals surface area contributed by atoms with Crippen LogP contribution < -0.4 is 5.32 Å². The second kappa shape index (κ2) is 8.99. The summed E-state index contributed by atoms with van der Waals surface area (Å²) in [5.74, 6) is -0.619. The van der Waals surface area contributed by atoms with Gasteiger partial charge in [0.15, 0.2) is 0 Å². The van der Waals surface area contributed by atoms with E-state index in [0.29, 0.717) is 6.42 Å². The third-order valence-electron chi connectivity index (χ3n) is 2.58. The fraction of sp³-hybridized carbons (Fsp3) is 0.357. The number of aliphatic carboxylic acids is 1. The molecule has 0 spiro atoms. The van der Waals surface area contributed by atoms with Crippen LogP contribution >= 0.6 is 11.8 Å². The molecular formula is C14H16N2O3S. The van der Waals surface area contributed by atoms with Gasteiger partial charge >= 0.3 is 5.97 Å². The van der Waals surface area contributed by atoms with Crippen LogP contribution in [0.25, 0.3) is 0 Å². The van der Waals surface area contributed by atoms with Gasteiger partial charge < -0.3 is 10.4 Å². The first-order chi connectivity index (χ1) is 9.63. The number of carbonyl (C=O) groups excluding carboxylic acids is 1. The van der Waals surface area contributed by atoms with E-state index < -0.39 is 5.97 Å². The van der Waals surface area contributed by atoms with Crippen molar-refractivity contribution >= 4 is 23.6 Å². The molecule has 0 heterocycles. The van der Waals surface area contributed by atoms with Gasteiger partial charge in [0.2, 0.25) is 5.91 Å². The molecule has 1 atom stereocenters. The predicted octanol–water partition coefficient (Wildman–Crippen LogP) is 1.97. The molecule has 0 aromatic heterocycles. The predicted molar refractivity (Wildman–Crippen MR) is 77.1 cm³/mol. The van der Waals surface area contributed by atoms with Gasteiger partial charge in [0, 0.05) is 6.42 Å². The first-order valence-corrected chi connectivity index (χ1v) is 7.29. The molecule has 0 aliphatic rings. The van der Waals surface area contributed by atoms with Gasteiger partial charge in [0.1, 0.15) is 0 Å². The van der Waals surface area contributed by atoms with Crippen LogP contribution in [0.5, 0.6) is 0 Å². The van der Waals surface area contributed by atoms with Gasteiger partial charge in [-0.1, -0.05) is 30.3 Å². The zero-order chi connectivity index (χ0) is 14.8. The number of nitrogens with one attached hydrogen (secondary N) is 1. The Morgan fingerprint density at radius 3 is 2.65 bits per heavy atom. The molecular weight excluding hydrogens is 276 g/mol. The second-order valence-electron chi connectivity index (χ2n) is 4.11. The molecule has 0 fully saturated rings. The molecule has 0 aliphatic carbocycles. The molecule has 20 heavy (non-hydrogen) atoms. The smallest absolute Gasteiger partial charge is 0.303 e. The molecule has 0 aliphatic heterocycles. The number of carboxylic acid groups (broad SMARTS) is 1. The summed E-state index contributed by atoms with van der Waals surface area (Å²) >= 11 is 1.23. The summed E-state index contributed by atoms with van der Waals surface area (Å²) in [4.78, 5) is 22.4. The minimum Gasteiger partial charge on any atom is -0.481 e. The molecule has 106 valence electrons. The third-order valence-corrected chi connectivity index (χ3v) is 3.38. The van der Waals surface area contributed by atoms with E-state index in [-0.39, 0.29) is 29.9 Å². The molecule has 1 amide bonds. The SMILES string of the molecule is N#CCSCC(=O)NC(CCC(=O)O)c1ccccc1. The average Bonchev–Trinajstić information content (AvgIpc) is 2.44. The van der Waals surface area contributed by atoms with Crippen LogP contribution in [-0.4, -0.2) is 28.5 Å². The van der Waals surface area contributed by atoms with Crippen molar-refractivity contribution in [2.24, 2.45) is 0 Å². The van der Waals surface area contributed by atoms with Gasteiger partial charge in [-0.05, 0) is 12.0 Å². The van der Waals surface area contributed by atoms with Crippen molar-refractivity contribution in [2.75, 3.05) is 11.5 Å². The van der Waals surface area contributed by atoms with Crippen LogP contribution in [-0.2, 0) is 9.59 Å². The Labute approximate surface area is 122 Å². The minimum atomic E-state index is -0.890. The Morgan fingerprint density at radius 2 is 2.05 bits per heavy atom. The van der Waals surface area contributed by atoms with Gasteiger partial charge in [-0.3, -0.25) is 9.59 Å². The number of carbonyl (C=O) groups is 2. The van der Waals surface area contributed by atoms with Crippen molar-refractivity contribution in [2.45, 2.75) is 18.9 Å². The maximum Gasteiger partial charge on any atom is 0.303 e. The molecule has 1 unspecified atom stereocenters. The molecule has 0 radical (unpaired) electrons. The lowest BCUT2D eigenvalue weighted by Crippen LogP contribution is -2.30. The van der Waals surface area contributed by atoms with Crippen molar-refractivity contribution in [3.63, 3.8) is 0 Å². The highest BCUT2D eigenvalue weighted by molar-refractivity contribution is 8.00. The lowest BCUT2D eigenvalue weighted by atomic mass is 10.0. The average molecular weight is 292 g/mol. The highest BCUT2D eigenvalue weighted by Crippen LogP contribution is 2.18. The van der Waals surface area contributed by atoms with E-state index in [2.05, 4.69) is 5.32 Å². The fourth-order valence-electron chi connectivity index (χ4n) is 1.70. The molecule has 1 aromatic carbocycles. The Bertz CT molecular complexity index is 485. The second-order valence-corrected chi connectivity index (χ2v) is 5.10. The first kappa shape index (κ1) is 16.1. The number of amides is 1. The standard InChI is InChI=1S/C14H16N2O3S/c15-8-9-20-10-13(17)16-12(6-7-14(18)19)11-4-2-1-3-5-11/h1-5,12H,6-7,9-10H2,(H,16,17)(H,18,19). The van der Waals surface area contributed by atoms with E-state index in [0.717, 1.165) is 5.56 Å². The molecule has 0 saturated carbocycles. The van der Waals surface area contributed by atoms with Crippen molar-refractivity contribution in [1.82, 2.24) is 5.32 Å². The molecule has 5 nitrogen and oxygen atoms in total. The lowest BCUT2D eigenvalue weighted by Gasteiger charge is -2.18. The summed E-state index contributed by atoms with van der Waals surface area (Å²) in [6.45, 7) is 0.